The van der Waals surface area contributed by atoms with Crippen molar-refractivity contribution in [1.29, 1.82) is 0 Å². The van der Waals surface area contributed by atoms with Crippen LogP contribution in [0, 0.1) is 0 Å². The molecule has 28 heavy (non-hydrogen) atoms. The number of benzene rings is 2. The molecule has 0 aliphatic heterocycles. The molecule has 0 saturated carbocycles. The van der Waals surface area contributed by atoms with Gasteiger partial charge in [-0.2, -0.15) is 0 Å². The first-order chi connectivity index (χ1) is 13.3. The summed E-state index contributed by atoms with van der Waals surface area (Å²) in [7, 11) is 0. The quantitative estimate of drug-likeness (QED) is 0.529. The summed E-state index contributed by atoms with van der Waals surface area (Å²) >= 11 is 1.46. The number of aromatic nitrogens is 3. The van der Waals surface area contributed by atoms with Crippen molar-refractivity contribution in [3.63, 3.8) is 0 Å². The minimum absolute atomic E-state index is 0.105. The summed E-state index contributed by atoms with van der Waals surface area (Å²) in [5.74, 6) is 0.956. The van der Waals surface area contributed by atoms with Crippen molar-refractivity contribution in [3.8, 4) is 11.4 Å². The predicted molar refractivity (Wildman–Crippen MR) is 116 cm³/mol. The third-order valence-corrected chi connectivity index (χ3v) is 5.96. The Balaban J connectivity index is 2.00. The van der Waals surface area contributed by atoms with E-state index in [-0.39, 0.29) is 16.4 Å². The SMILES string of the molecule is CC(=O)C(C)Sc1nnc(-c2ccc(C(C)(C)C)cc2)n1Cc1ccccc1. The molecule has 0 bridgehead atoms. The van der Waals surface area contributed by atoms with Gasteiger partial charge >= 0.3 is 0 Å². The molecule has 3 rings (SSSR count). The average molecular weight is 394 g/mol. The lowest BCUT2D eigenvalue weighted by Crippen LogP contribution is -2.12. The largest absolute Gasteiger partial charge is 0.299 e. The van der Waals surface area contributed by atoms with E-state index < -0.39 is 0 Å². The summed E-state index contributed by atoms with van der Waals surface area (Å²) in [5.41, 5.74) is 3.59. The van der Waals surface area contributed by atoms with Crippen molar-refractivity contribution in [2.75, 3.05) is 0 Å². The Hall–Kier alpha value is -2.40. The highest BCUT2D eigenvalue weighted by atomic mass is 32.2. The van der Waals surface area contributed by atoms with E-state index in [2.05, 4.69) is 71.9 Å². The molecule has 1 aromatic heterocycles. The van der Waals surface area contributed by atoms with Crippen LogP contribution in [0.15, 0.2) is 59.8 Å². The highest BCUT2D eigenvalue weighted by Crippen LogP contribution is 2.30. The van der Waals surface area contributed by atoms with E-state index in [1.54, 1.807) is 6.92 Å². The van der Waals surface area contributed by atoms with Crippen LogP contribution < -0.4 is 0 Å². The monoisotopic (exact) mass is 393 g/mol. The lowest BCUT2D eigenvalue weighted by Gasteiger charge is -2.19. The first kappa shape index (κ1) is 20.3. The summed E-state index contributed by atoms with van der Waals surface area (Å²) in [6.45, 7) is 10.8. The number of nitrogens with zero attached hydrogens (tertiary/aromatic N) is 3. The Morgan fingerprint density at radius 2 is 1.68 bits per heavy atom. The molecule has 0 aliphatic rings. The van der Waals surface area contributed by atoms with Crippen LogP contribution in [0.2, 0.25) is 0 Å². The molecule has 0 amide bonds. The van der Waals surface area contributed by atoms with E-state index in [0.717, 1.165) is 16.5 Å². The van der Waals surface area contributed by atoms with Gasteiger partial charge in [0.05, 0.1) is 11.8 Å². The van der Waals surface area contributed by atoms with Gasteiger partial charge in [0.25, 0.3) is 0 Å². The number of hydrogen-bond donors (Lipinski definition) is 0. The summed E-state index contributed by atoms with van der Waals surface area (Å²) < 4.78 is 2.10. The van der Waals surface area contributed by atoms with Crippen LogP contribution in [0.4, 0.5) is 0 Å². The van der Waals surface area contributed by atoms with Gasteiger partial charge < -0.3 is 0 Å². The van der Waals surface area contributed by atoms with E-state index in [1.807, 2.05) is 25.1 Å². The lowest BCUT2D eigenvalue weighted by molar-refractivity contribution is -0.116. The van der Waals surface area contributed by atoms with Gasteiger partial charge in [0, 0.05) is 5.56 Å². The van der Waals surface area contributed by atoms with Gasteiger partial charge in [-0.3, -0.25) is 9.36 Å². The first-order valence-electron chi connectivity index (χ1n) is 9.51. The summed E-state index contributed by atoms with van der Waals surface area (Å²) in [5, 5.41) is 9.48. The minimum Gasteiger partial charge on any atom is -0.299 e. The van der Waals surface area contributed by atoms with Crippen LogP contribution >= 0.6 is 11.8 Å². The zero-order chi connectivity index (χ0) is 20.3. The summed E-state index contributed by atoms with van der Waals surface area (Å²) in [6, 6.07) is 18.8. The molecule has 0 radical (unpaired) electrons. The number of carbonyl (C=O) groups excluding carboxylic acids is 1. The molecule has 0 N–H and O–H groups in total. The van der Waals surface area contributed by atoms with Crippen molar-refractivity contribution in [2.24, 2.45) is 0 Å². The van der Waals surface area contributed by atoms with Crippen molar-refractivity contribution in [2.45, 2.75) is 57.0 Å². The Bertz CT molecular complexity index is 940. The van der Waals surface area contributed by atoms with Crippen LogP contribution in [0.25, 0.3) is 11.4 Å². The van der Waals surface area contributed by atoms with Gasteiger partial charge in [-0.1, -0.05) is 87.1 Å². The second-order valence-corrected chi connectivity index (χ2v) is 9.38. The third kappa shape index (κ3) is 4.71. The molecule has 0 aliphatic carbocycles. The smallest absolute Gasteiger partial charge is 0.192 e. The van der Waals surface area contributed by atoms with Gasteiger partial charge in [-0.05, 0) is 30.4 Å². The predicted octanol–water partition coefficient (Wildman–Crippen LogP) is 5.36. The molecular formula is C23H27N3OS. The van der Waals surface area contributed by atoms with Gasteiger partial charge in [0.1, 0.15) is 5.78 Å². The number of hydrogen-bond acceptors (Lipinski definition) is 4. The van der Waals surface area contributed by atoms with Gasteiger partial charge in [0.2, 0.25) is 0 Å². The van der Waals surface area contributed by atoms with Gasteiger partial charge in [0.15, 0.2) is 11.0 Å². The fourth-order valence-electron chi connectivity index (χ4n) is 2.86. The van der Waals surface area contributed by atoms with Crippen molar-refractivity contribution >= 4 is 17.5 Å². The zero-order valence-corrected chi connectivity index (χ0v) is 18.0. The molecule has 4 nitrogen and oxygen atoms in total. The Morgan fingerprint density at radius 1 is 1.04 bits per heavy atom. The molecule has 1 heterocycles. The van der Waals surface area contributed by atoms with E-state index in [0.29, 0.717) is 6.54 Å². The number of carbonyl (C=O) groups is 1. The number of rotatable bonds is 6. The lowest BCUT2D eigenvalue weighted by atomic mass is 9.87. The average Bonchev–Trinajstić information content (AvgIpc) is 3.04. The zero-order valence-electron chi connectivity index (χ0n) is 17.1. The minimum atomic E-state index is -0.158. The topological polar surface area (TPSA) is 47.8 Å². The molecule has 3 aromatic rings. The molecule has 0 fully saturated rings. The van der Waals surface area contributed by atoms with Gasteiger partial charge in [-0.15, -0.1) is 10.2 Å². The van der Waals surface area contributed by atoms with Crippen LogP contribution in [0.5, 0.6) is 0 Å². The first-order valence-corrected chi connectivity index (χ1v) is 10.4. The number of ketones is 1. The Morgan fingerprint density at radius 3 is 2.25 bits per heavy atom. The fraction of sp³-hybridized carbons (Fsp3) is 0.348. The standard InChI is InChI=1S/C23H27N3OS/c1-16(27)17(2)28-22-25-24-21(26(22)15-18-9-7-6-8-10-18)19-11-13-20(14-12-19)23(3,4)5/h6-14,17H,15H2,1-5H3. The molecular weight excluding hydrogens is 366 g/mol. The second-order valence-electron chi connectivity index (χ2n) is 8.08. The molecule has 146 valence electrons. The van der Waals surface area contributed by atoms with Gasteiger partial charge in [-0.25, -0.2) is 0 Å². The third-order valence-electron chi connectivity index (χ3n) is 4.76. The van der Waals surface area contributed by atoms with Crippen LogP contribution in [-0.4, -0.2) is 25.8 Å². The van der Waals surface area contributed by atoms with E-state index >= 15 is 0 Å². The maximum Gasteiger partial charge on any atom is 0.192 e. The summed E-state index contributed by atoms with van der Waals surface area (Å²) in [4.78, 5) is 11.7. The highest BCUT2D eigenvalue weighted by Gasteiger charge is 2.20. The highest BCUT2D eigenvalue weighted by molar-refractivity contribution is 8.00. The van der Waals surface area contributed by atoms with E-state index in [4.69, 9.17) is 0 Å². The van der Waals surface area contributed by atoms with Crippen molar-refractivity contribution in [1.82, 2.24) is 14.8 Å². The second kappa shape index (κ2) is 8.31. The van der Waals surface area contributed by atoms with Crippen molar-refractivity contribution in [3.05, 3.63) is 65.7 Å². The molecule has 5 heteroatoms. The maximum absolute atomic E-state index is 11.7. The Kier molecular flexibility index (Phi) is 6.04. The number of Topliss-reactive ketones (excluding diaryl/α,β-unsaturated/α-hetero) is 1. The van der Waals surface area contributed by atoms with E-state index in [9.17, 15) is 4.79 Å². The fourth-order valence-corrected chi connectivity index (χ4v) is 3.71. The Labute approximate surface area is 171 Å². The number of thioether (sulfide) groups is 1. The van der Waals surface area contributed by atoms with Crippen molar-refractivity contribution < 1.29 is 4.79 Å². The van der Waals surface area contributed by atoms with Crippen LogP contribution in [0.3, 0.4) is 0 Å². The maximum atomic E-state index is 11.7. The van der Waals surface area contributed by atoms with Crippen LogP contribution in [0.1, 0.15) is 45.7 Å². The summed E-state index contributed by atoms with van der Waals surface area (Å²) in [6.07, 6.45) is 0. The normalized spacial score (nSPS) is 12.8. The van der Waals surface area contributed by atoms with Crippen LogP contribution in [-0.2, 0) is 16.8 Å². The molecule has 1 atom stereocenters. The van der Waals surface area contributed by atoms with E-state index in [1.165, 1.54) is 22.9 Å². The molecule has 0 spiro atoms. The molecule has 0 saturated heterocycles. The molecule has 1 unspecified atom stereocenters. The molecule has 2 aromatic carbocycles.